The molecule has 0 radical (unpaired) electrons. The second-order valence-electron chi connectivity index (χ2n) is 1.85. The van der Waals surface area contributed by atoms with E-state index in [9.17, 15) is 9.59 Å². The van der Waals surface area contributed by atoms with E-state index in [1.165, 1.54) is 0 Å². The topological polar surface area (TPSA) is 86.6 Å². The Morgan fingerprint density at radius 2 is 2.00 bits per heavy atom. The predicted octanol–water partition coefficient (Wildman–Crippen LogP) is -0.956. The molecule has 0 aromatic heterocycles. The summed E-state index contributed by atoms with van der Waals surface area (Å²) in [5.74, 6) is -2.11. The van der Waals surface area contributed by atoms with Crippen LogP contribution in [0.1, 0.15) is 0 Å². The van der Waals surface area contributed by atoms with Crippen molar-refractivity contribution in [2.75, 3.05) is 12.3 Å². The SMILES string of the molecule is O=C(O)CN[C@H](CS)C(=O)O. The third kappa shape index (κ3) is 4.63. The Bertz CT molecular complexity index is 161. The van der Waals surface area contributed by atoms with Crippen molar-refractivity contribution in [2.24, 2.45) is 0 Å². The van der Waals surface area contributed by atoms with Gasteiger partial charge in [0.2, 0.25) is 0 Å². The summed E-state index contributed by atoms with van der Waals surface area (Å²) in [6.45, 7) is -0.364. The van der Waals surface area contributed by atoms with E-state index in [2.05, 4.69) is 17.9 Å². The van der Waals surface area contributed by atoms with Crippen LogP contribution in [0.2, 0.25) is 0 Å². The third-order valence-corrected chi connectivity index (χ3v) is 1.35. The minimum atomic E-state index is -1.10. The molecule has 0 unspecified atom stereocenters. The minimum Gasteiger partial charge on any atom is -0.480 e. The highest BCUT2D eigenvalue weighted by Crippen LogP contribution is 1.86. The molecule has 0 spiro atoms. The van der Waals surface area contributed by atoms with Gasteiger partial charge in [0, 0.05) is 5.75 Å². The smallest absolute Gasteiger partial charge is 0.321 e. The molecule has 0 saturated carbocycles. The molecular weight excluding hydrogens is 170 g/mol. The van der Waals surface area contributed by atoms with Crippen LogP contribution in [0.15, 0.2) is 0 Å². The van der Waals surface area contributed by atoms with Crippen LogP contribution in [0, 0.1) is 0 Å². The maximum atomic E-state index is 10.2. The number of thiol groups is 1. The van der Waals surface area contributed by atoms with E-state index in [0.29, 0.717) is 0 Å². The molecule has 0 fully saturated rings. The van der Waals surface area contributed by atoms with Gasteiger partial charge in [-0.1, -0.05) is 0 Å². The molecule has 64 valence electrons. The number of carbonyl (C=O) groups is 2. The summed E-state index contributed by atoms with van der Waals surface area (Å²) in [6.07, 6.45) is 0. The van der Waals surface area contributed by atoms with Crippen molar-refractivity contribution in [3.05, 3.63) is 0 Å². The second-order valence-corrected chi connectivity index (χ2v) is 2.21. The molecule has 0 heterocycles. The van der Waals surface area contributed by atoms with Gasteiger partial charge in [0.1, 0.15) is 6.04 Å². The fourth-order valence-electron chi connectivity index (χ4n) is 0.440. The van der Waals surface area contributed by atoms with Crippen molar-refractivity contribution < 1.29 is 19.8 Å². The Kier molecular flexibility index (Phi) is 4.64. The van der Waals surface area contributed by atoms with Crippen LogP contribution in [0.4, 0.5) is 0 Å². The zero-order chi connectivity index (χ0) is 8.85. The van der Waals surface area contributed by atoms with Gasteiger partial charge >= 0.3 is 11.9 Å². The molecular formula is C5H9NO4S. The van der Waals surface area contributed by atoms with Gasteiger partial charge in [0.25, 0.3) is 0 Å². The number of hydrogen-bond donors (Lipinski definition) is 4. The van der Waals surface area contributed by atoms with Crippen molar-refractivity contribution in [1.82, 2.24) is 5.32 Å². The summed E-state index contributed by atoms with van der Waals surface area (Å²) >= 11 is 3.72. The van der Waals surface area contributed by atoms with Crippen molar-refractivity contribution in [2.45, 2.75) is 6.04 Å². The molecule has 0 amide bonds. The zero-order valence-corrected chi connectivity index (χ0v) is 6.54. The quantitative estimate of drug-likeness (QED) is 0.408. The van der Waals surface area contributed by atoms with Gasteiger partial charge in [-0.2, -0.15) is 12.6 Å². The molecule has 11 heavy (non-hydrogen) atoms. The standard InChI is InChI=1S/C5H9NO4S/c7-4(8)1-6-3(2-11)5(9)10/h3,6,11H,1-2H2,(H,7,8)(H,9,10)/t3-/m1/s1. The molecule has 0 aliphatic rings. The molecule has 5 nitrogen and oxygen atoms in total. The van der Waals surface area contributed by atoms with Crippen molar-refractivity contribution in [3.63, 3.8) is 0 Å². The lowest BCUT2D eigenvalue weighted by atomic mass is 10.3. The largest absolute Gasteiger partial charge is 0.480 e. The van der Waals surface area contributed by atoms with Gasteiger partial charge in [-0.25, -0.2) is 0 Å². The lowest BCUT2D eigenvalue weighted by Crippen LogP contribution is -2.40. The fraction of sp³-hybridized carbons (Fsp3) is 0.600. The van der Waals surface area contributed by atoms with Crippen LogP contribution < -0.4 is 5.32 Å². The van der Waals surface area contributed by atoms with Gasteiger partial charge in [-0.15, -0.1) is 0 Å². The number of hydrogen-bond acceptors (Lipinski definition) is 4. The van der Waals surface area contributed by atoms with E-state index in [1.54, 1.807) is 0 Å². The maximum Gasteiger partial charge on any atom is 0.321 e. The first-order valence-electron chi connectivity index (χ1n) is 2.86. The number of rotatable bonds is 5. The van der Waals surface area contributed by atoms with Gasteiger partial charge in [0.05, 0.1) is 6.54 Å². The van der Waals surface area contributed by atoms with Crippen molar-refractivity contribution in [1.29, 1.82) is 0 Å². The van der Waals surface area contributed by atoms with E-state index < -0.39 is 18.0 Å². The second kappa shape index (κ2) is 4.97. The summed E-state index contributed by atoms with van der Waals surface area (Å²) in [4.78, 5) is 20.2. The molecule has 0 saturated heterocycles. The first kappa shape index (κ1) is 10.2. The molecule has 0 bridgehead atoms. The van der Waals surface area contributed by atoms with Gasteiger partial charge in [-0.3, -0.25) is 14.9 Å². The van der Waals surface area contributed by atoms with Crippen LogP contribution in [-0.2, 0) is 9.59 Å². The fourth-order valence-corrected chi connectivity index (χ4v) is 0.726. The van der Waals surface area contributed by atoms with E-state index >= 15 is 0 Å². The van der Waals surface area contributed by atoms with E-state index in [1.807, 2.05) is 0 Å². The third-order valence-electron chi connectivity index (χ3n) is 0.980. The number of carboxylic acid groups (broad SMARTS) is 2. The van der Waals surface area contributed by atoms with Crippen molar-refractivity contribution in [3.8, 4) is 0 Å². The number of nitrogens with one attached hydrogen (secondary N) is 1. The highest BCUT2D eigenvalue weighted by molar-refractivity contribution is 7.80. The monoisotopic (exact) mass is 179 g/mol. The molecule has 0 aliphatic carbocycles. The molecule has 0 aromatic carbocycles. The molecule has 1 atom stereocenters. The molecule has 3 N–H and O–H groups in total. The Morgan fingerprint density at radius 3 is 2.27 bits per heavy atom. The lowest BCUT2D eigenvalue weighted by molar-refractivity contribution is -0.139. The average Bonchev–Trinajstić information content (AvgIpc) is 1.87. The first-order valence-corrected chi connectivity index (χ1v) is 3.50. The molecule has 6 heteroatoms. The number of carboxylic acids is 2. The summed E-state index contributed by atoms with van der Waals surface area (Å²) in [5.41, 5.74) is 0. The van der Waals surface area contributed by atoms with Crippen LogP contribution in [-0.4, -0.2) is 40.5 Å². The van der Waals surface area contributed by atoms with Crippen LogP contribution in [0.25, 0.3) is 0 Å². The van der Waals surface area contributed by atoms with Crippen molar-refractivity contribution >= 4 is 24.6 Å². The molecule has 0 aliphatic heterocycles. The summed E-state index contributed by atoms with van der Waals surface area (Å²) in [5, 5.41) is 18.8. The predicted molar refractivity (Wildman–Crippen MR) is 40.9 cm³/mol. The Balaban J connectivity index is 3.70. The molecule has 0 rings (SSSR count). The number of aliphatic carboxylic acids is 2. The summed E-state index contributed by atoms with van der Waals surface area (Å²) in [7, 11) is 0. The van der Waals surface area contributed by atoms with Crippen LogP contribution in [0.5, 0.6) is 0 Å². The minimum absolute atomic E-state index is 0.0720. The van der Waals surface area contributed by atoms with Gasteiger partial charge < -0.3 is 10.2 Å². The van der Waals surface area contributed by atoms with E-state index in [-0.39, 0.29) is 12.3 Å². The Hall–Kier alpha value is -0.750. The first-order chi connectivity index (χ1) is 5.07. The lowest BCUT2D eigenvalue weighted by Gasteiger charge is -2.08. The van der Waals surface area contributed by atoms with Gasteiger partial charge in [-0.05, 0) is 0 Å². The Labute approximate surface area is 68.8 Å². The zero-order valence-electron chi connectivity index (χ0n) is 5.65. The summed E-state index contributed by atoms with van der Waals surface area (Å²) in [6, 6.07) is -0.894. The maximum absolute atomic E-state index is 10.2. The Morgan fingerprint density at radius 1 is 1.45 bits per heavy atom. The van der Waals surface area contributed by atoms with Gasteiger partial charge in [0.15, 0.2) is 0 Å². The summed E-state index contributed by atoms with van der Waals surface area (Å²) < 4.78 is 0. The highest BCUT2D eigenvalue weighted by Gasteiger charge is 2.14. The normalized spacial score (nSPS) is 12.5. The van der Waals surface area contributed by atoms with E-state index in [0.717, 1.165) is 0 Å². The van der Waals surface area contributed by atoms with Crippen LogP contribution >= 0.6 is 12.6 Å². The van der Waals surface area contributed by atoms with E-state index in [4.69, 9.17) is 10.2 Å². The average molecular weight is 179 g/mol. The van der Waals surface area contributed by atoms with Crippen LogP contribution in [0.3, 0.4) is 0 Å². The highest BCUT2D eigenvalue weighted by atomic mass is 32.1. The molecule has 0 aromatic rings.